The minimum absolute atomic E-state index is 0.422. The molecule has 0 aliphatic carbocycles. The Bertz CT molecular complexity index is 881. The lowest BCUT2D eigenvalue weighted by Gasteiger charge is -2.15. The van der Waals surface area contributed by atoms with Crippen molar-refractivity contribution >= 4 is 17.5 Å². The first-order chi connectivity index (χ1) is 13.7. The summed E-state index contributed by atoms with van der Waals surface area (Å²) in [5, 5.41) is 6.80. The number of anilines is 3. The number of benzene rings is 2. The number of ether oxygens (including phenoxy) is 1. The second-order valence-electron chi connectivity index (χ2n) is 6.97. The largest absolute Gasteiger partial charge is 0.385 e. The van der Waals surface area contributed by atoms with Crippen LogP contribution in [0.5, 0.6) is 0 Å². The van der Waals surface area contributed by atoms with Crippen molar-refractivity contribution in [1.29, 1.82) is 0 Å². The summed E-state index contributed by atoms with van der Waals surface area (Å²) in [4.78, 5) is 9.38. The van der Waals surface area contributed by atoms with Crippen LogP contribution in [0.2, 0.25) is 0 Å². The molecule has 3 rings (SSSR count). The fourth-order valence-electron chi connectivity index (χ4n) is 3.02. The molecule has 0 saturated carbocycles. The Kier molecular flexibility index (Phi) is 6.98. The normalized spacial score (nSPS) is 10.9. The fraction of sp³-hybridized carbons (Fsp3) is 0.304. The van der Waals surface area contributed by atoms with E-state index >= 15 is 0 Å². The highest BCUT2D eigenvalue weighted by Crippen LogP contribution is 2.28. The van der Waals surface area contributed by atoms with Gasteiger partial charge in [0.15, 0.2) is 0 Å². The Labute approximate surface area is 167 Å². The molecule has 2 aromatic carbocycles. The first-order valence-electron chi connectivity index (χ1n) is 9.70. The third-order valence-corrected chi connectivity index (χ3v) is 4.45. The fourth-order valence-corrected chi connectivity index (χ4v) is 3.02. The SMILES string of the molecule is COCCCNc1nc(Nc2ccccc2C(C)C)cc(-c2ccccc2)n1. The van der Waals surface area contributed by atoms with Crippen molar-refractivity contribution in [3.8, 4) is 11.3 Å². The molecule has 0 bridgehead atoms. The standard InChI is InChI=1S/C23H28N4O/c1-17(2)19-12-7-8-13-20(19)25-22-16-21(18-10-5-4-6-11-18)26-23(27-22)24-14-9-15-28-3/h4-8,10-13,16-17H,9,14-15H2,1-3H3,(H2,24,25,26,27). The highest BCUT2D eigenvalue weighted by Gasteiger charge is 2.10. The van der Waals surface area contributed by atoms with Gasteiger partial charge in [-0.3, -0.25) is 0 Å². The van der Waals surface area contributed by atoms with Crippen LogP contribution in [-0.2, 0) is 4.74 Å². The van der Waals surface area contributed by atoms with Crippen LogP contribution >= 0.6 is 0 Å². The number of nitrogens with zero attached hydrogens (tertiary/aromatic N) is 2. The van der Waals surface area contributed by atoms with Crippen molar-refractivity contribution in [2.24, 2.45) is 0 Å². The molecule has 0 saturated heterocycles. The molecule has 0 atom stereocenters. The maximum atomic E-state index is 5.12. The van der Waals surface area contributed by atoms with E-state index in [1.165, 1.54) is 5.56 Å². The van der Waals surface area contributed by atoms with Gasteiger partial charge in [0.1, 0.15) is 5.82 Å². The van der Waals surface area contributed by atoms with E-state index in [0.29, 0.717) is 18.5 Å². The van der Waals surface area contributed by atoms with Gasteiger partial charge >= 0.3 is 0 Å². The monoisotopic (exact) mass is 376 g/mol. The minimum Gasteiger partial charge on any atom is -0.385 e. The van der Waals surface area contributed by atoms with Crippen molar-refractivity contribution in [2.75, 3.05) is 30.9 Å². The summed E-state index contributed by atoms with van der Waals surface area (Å²) >= 11 is 0. The van der Waals surface area contributed by atoms with Crippen LogP contribution in [0.15, 0.2) is 60.7 Å². The van der Waals surface area contributed by atoms with E-state index in [1.54, 1.807) is 7.11 Å². The molecule has 1 heterocycles. The number of nitrogens with one attached hydrogen (secondary N) is 2. The van der Waals surface area contributed by atoms with Gasteiger partial charge in [-0.15, -0.1) is 0 Å². The maximum absolute atomic E-state index is 5.12. The van der Waals surface area contributed by atoms with Gasteiger partial charge in [0.05, 0.1) is 5.69 Å². The molecule has 2 N–H and O–H groups in total. The Balaban J connectivity index is 1.91. The third-order valence-electron chi connectivity index (χ3n) is 4.45. The number of hydrogen-bond acceptors (Lipinski definition) is 5. The van der Waals surface area contributed by atoms with Gasteiger partial charge in [-0.25, -0.2) is 4.98 Å². The van der Waals surface area contributed by atoms with Gasteiger partial charge in [0, 0.05) is 37.6 Å². The van der Waals surface area contributed by atoms with Gasteiger partial charge < -0.3 is 15.4 Å². The predicted molar refractivity (Wildman–Crippen MR) is 116 cm³/mol. The van der Waals surface area contributed by atoms with Gasteiger partial charge in [-0.1, -0.05) is 62.4 Å². The summed E-state index contributed by atoms with van der Waals surface area (Å²) in [6, 6.07) is 20.5. The van der Waals surface area contributed by atoms with Crippen molar-refractivity contribution < 1.29 is 4.74 Å². The van der Waals surface area contributed by atoms with E-state index in [4.69, 9.17) is 9.72 Å². The van der Waals surface area contributed by atoms with Crippen molar-refractivity contribution in [1.82, 2.24) is 9.97 Å². The smallest absolute Gasteiger partial charge is 0.225 e. The number of hydrogen-bond donors (Lipinski definition) is 2. The van der Waals surface area contributed by atoms with E-state index < -0.39 is 0 Å². The zero-order valence-electron chi connectivity index (χ0n) is 16.8. The molecular formula is C23H28N4O. The summed E-state index contributed by atoms with van der Waals surface area (Å²) in [5.41, 5.74) is 4.27. The lowest BCUT2D eigenvalue weighted by molar-refractivity contribution is 0.197. The number of aromatic nitrogens is 2. The molecule has 3 aromatic rings. The maximum Gasteiger partial charge on any atom is 0.225 e. The van der Waals surface area contributed by atoms with Crippen LogP contribution in [-0.4, -0.2) is 30.2 Å². The molecule has 0 spiro atoms. The quantitative estimate of drug-likeness (QED) is 0.486. The van der Waals surface area contributed by atoms with E-state index in [-0.39, 0.29) is 0 Å². The van der Waals surface area contributed by atoms with Gasteiger partial charge in [0.2, 0.25) is 5.95 Å². The van der Waals surface area contributed by atoms with Crippen molar-refractivity contribution in [2.45, 2.75) is 26.2 Å². The summed E-state index contributed by atoms with van der Waals surface area (Å²) in [6.07, 6.45) is 0.897. The molecule has 0 fully saturated rings. The van der Waals surface area contributed by atoms with Crippen molar-refractivity contribution in [3.05, 3.63) is 66.2 Å². The average Bonchev–Trinajstić information content (AvgIpc) is 2.72. The highest BCUT2D eigenvalue weighted by atomic mass is 16.5. The lowest BCUT2D eigenvalue weighted by Crippen LogP contribution is -2.09. The second-order valence-corrected chi connectivity index (χ2v) is 6.97. The Morgan fingerprint density at radius 2 is 1.71 bits per heavy atom. The zero-order chi connectivity index (χ0) is 19.8. The molecule has 5 heteroatoms. The average molecular weight is 377 g/mol. The van der Waals surface area contributed by atoms with Gasteiger partial charge in [-0.05, 0) is 24.0 Å². The minimum atomic E-state index is 0.422. The van der Waals surface area contributed by atoms with Gasteiger partial charge in [0.25, 0.3) is 0 Å². The first-order valence-corrected chi connectivity index (χ1v) is 9.70. The summed E-state index contributed by atoms with van der Waals surface area (Å²) in [7, 11) is 1.71. The number of methoxy groups -OCH3 is 1. The summed E-state index contributed by atoms with van der Waals surface area (Å²) in [5.74, 6) is 1.81. The summed E-state index contributed by atoms with van der Waals surface area (Å²) in [6.45, 7) is 5.85. The molecule has 146 valence electrons. The van der Waals surface area contributed by atoms with E-state index in [9.17, 15) is 0 Å². The zero-order valence-corrected chi connectivity index (χ0v) is 16.8. The number of para-hydroxylation sites is 1. The van der Waals surface area contributed by atoms with Crippen molar-refractivity contribution in [3.63, 3.8) is 0 Å². The van der Waals surface area contributed by atoms with Crippen LogP contribution < -0.4 is 10.6 Å². The molecule has 5 nitrogen and oxygen atoms in total. The molecular weight excluding hydrogens is 348 g/mol. The third kappa shape index (κ3) is 5.30. The Morgan fingerprint density at radius 3 is 2.46 bits per heavy atom. The Morgan fingerprint density at radius 1 is 0.964 bits per heavy atom. The molecule has 1 aromatic heterocycles. The molecule has 0 radical (unpaired) electrons. The molecule has 0 unspecified atom stereocenters. The molecule has 0 amide bonds. The van der Waals surface area contributed by atoms with E-state index in [1.807, 2.05) is 30.3 Å². The van der Waals surface area contributed by atoms with Crippen LogP contribution in [0.1, 0.15) is 31.7 Å². The summed E-state index contributed by atoms with van der Waals surface area (Å²) < 4.78 is 5.12. The lowest BCUT2D eigenvalue weighted by atomic mass is 10.0. The van der Waals surface area contributed by atoms with Crippen LogP contribution in [0.3, 0.4) is 0 Å². The molecule has 0 aliphatic rings. The van der Waals surface area contributed by atoms with Crippen LogP contribution in [0.25, 0.3) is 11.3 Å². The van der Waals surface area contributed by atoms with E-state index in [0.717, 1.165) is 35.7 Å². The first kappa shape index (κ1) is 19.8. The molecule has 28 heavy (non-hydrogen) atoms. The molecule has 0 aliphatic heterocycles. The van der Waals surface area contributed by atoms with Crippen LogP contribution in [0, 0.1) is 0 Å². The topological polar surface area (TPSA) is 59.1 Å². The van der Waals surface area contributed by atoms with Gasteiger partial charge in [-0.2, -0.15) is 4.98 Å². The predicted octanol–water partition coefficient (Wildman–Crippen LogP) is 5.46. The highest BCUT2D eigenvalue weighted by molar-refractivity contribution is 5.68. The Hall–Kier alpha value is -2.92. The van der Waals surface area contributed by atoms with E-state index in [2.05, 4.69) is 59.8 Å². The second kappa shape index (κ2) is 9.85. The van der Waals surface area contributed by atoms with Crippen LogP contribution in [0.4, 0.5) is 17.5 Å². The number of rotatable bonds is 9.